The number of aryl methyl sites for hydroxylation is 1. The number of nitrogens with one attached hydrogen (secondary N) is 1. The monoisotopic (exact) mass is 460 g/mol. The number of carbonyl (C=O) groups excluding carboxylic acids is 1. The molecule has 0 fully saturated rings. The van der Waals surface area contributed by atoms with Crippen LogP contribution < -0.4 is 4.80 Å². The molecule has 0 atom stereocenters. The van der Waals surface area contributed by atoms with Crippen molar-refractivity contribution >= 4 is 56.2 Å². The first-order valence-corrected chi connectivity index (χ1v) is 8.12. The number of carbonyl (C=O) groups is 2. The van der Waals surface area contributed by atoms with Crippen LogP contribution >= 0.6 is 44.2 Å². The highest BCUT2D eigenvalue weighted by atomic mass is 79.9. The van der Waals surface area contributed by atoms with E-state index in [9.17, 15) is 9.59 Å². The summed E-state index contributed by atoms with van der Waals surface area (Å²) in [5.74, 6) is -1.13. The number of thiazole rings is 1. The van der Waals surface area contributed by atoms with Crippen molar-refractivity contribution in [3.8, 4) is 0 Å². The number of carboxylic acid groups (broad SMARTS) is 1. The highest BCUT2D eigenvalue weighted by Crippen LogP contribution is 2.11. The maximum Gasteiger partial charge on any atom is 0.326 e. The fourth-order valence-electron chi connectivity index (χ4n) is 1.31. The Morgan fingerprint density at radius 3 is 2.09 bits per heavy atom. The lowest BCUT2D eigenvalue weighted by Gasteiger charge is -2.19. The van der Waals surface area contributed by atoms with Crippen LogP contribution in [0.25, 0.3) is 0 Å². The van der Waals surface area contributed by atoms with Crippen LogP contribution in [-0.2, 0) is 20.9 Å². The fraction of sp³-hybridized carbons (Fsp3) is 0.615. The van der Waals surface area contributed by atoms with Crippen molar-refractivity contribution in [3.63, 3.8) is 0 Å². The number of hydrogen-bond donors (Lipinski definition) is 2. The number of hydrogen-bond acceptors (Lipinski definition) is 5. The summed E-state index contributed by atoms with van der Waals surface area (Å²) in [6.07, 6.45) is 0. The molecule has 6 nitrogen and oxygen atoms in total. The molecule has 0 radical (unpaired) electrons. The van der Waals surface area contributed by atoms with Gasteiger partial charge in [-0.05, 0) is 34.6 Å². The Hall–Kier alpha value is -0.670. The van der Waals surface area contributed by atoms with Crippen LogP contribution in [0.4, 0.5) is 0 Å². The number of ether oxygens (including phenoxy) is 1. The van der Waals surface area contributed by atoms with Crippen molar-refractivity contribution in [2.24, 2.45) is 0 Å². The van der Waals surface area contributed by atoms with E-state index >= 15 is 0 Å². The van der Waals surface area contributed by atoms with Gasteiger partial charge < -0.3 is 14.4 Å². The summed E-state index contributed by atoms with van der Waals surface area (Å²) in [6, 6.07) is 0. The Morgan fingerprint density at radius 1 is 1.36 bits per heavy atom. The first-order valence-electron chi connectivity index (χ1n) is 6.19. The second-order valence-corrected chi connectivity index (χ2v) is 7.01. The van der Waals surface area contributed by atoms with E-state index in [1.165, 1.54) is 11.3 Å². The van der Waals surface area contributed by atoms with Gasteiger partial charge >= 0.3 is 11.9 Å². The second-order valence-electron chi connectivity index (χ2n) is 5.25. The number of alkyl halides is 1. The normalized spacial score (nSPS) is 10.1. The van der Waals surface area contributed by atoms with Crippen molar-refractivity contribution in [1.82, 2.24) is 4.57 Å². The summed E-state index contributed by atoms with van der Waals surface area (Å²) in [5, 5.41) is 15.4. The van der Waals surface area contributed by atoms with Gasteiger partial charge in [0, 0.05) is 10.6 Å². The van der Waals surface area contributed by atoms with Crippen molar-refractivity contribution in [1.29, 1.82) is 5.41 Å². The molecular weight excluding hydrogens is 440 g/mol. The summed E-state index contributed by atoms with van der Waals surface area (Å²) < 4.78 is 6.90. The first-order chi connectivity index (χ1) is 9.47. The van der Waals surface area contributed by atoms with Gasteiger partial charge in [-0.15, -0.1) is 28.3 Å². The third-order valence-electron chi connectivity index (χ3n) is 2.23. The van der Waals surface area contributed by atoms with Crippen LogP contribution in [0.2, 0.25) is 0 Å². The van der Waals surface area contributed by atoms with Gasteiger partial charge in [0.15, 0.2) is 4.80 Å². The molecule has 0 saturated carbocycles. The summed E-state index contributed by atoms with van der Waals surface area (Å²) in [5.41, 5.74) is 0.486. The van der Waals surface area contributed by atoms with E-state index in [1.807, 2.05) is 34.6 Å². The number of esters is 1. The molecule has 0 spiro atoms. The quantitative estimate of drug-likeness (QED) is 0.534. The Labute approximate surface area is 152 Å². The van der Waals surface area contributed by atoms with Gasteiger partial charge in [-0.3, -0.25) is 15.0 Å². The minimum absolute atomic E-state index is 0. The third-order valence-corrected chi connectivity index (χ3v) is 3.73. The van der Waals surface area contributed by atoms with Crippen molar-refractivity contribution in [2.75, 3.05) is 5.33 Å². The number of nitrogens with zero attached hydrogens (tertiary/aromatic N) is 1. The molecule has 2 N–H and O–H groups in total. The van der Waals surface area contributed by atoms with Gasteiger partial charge in [0.25, 0.3) is 0 Å². The van der Waals surface area contributed by atoms with E-state index in [0.717, 1.165) is 10.6 Å². The van der Waals surface area contributed by atoms with Crippen LogP contribution in [0.15, 0.2) is 0 Å². The molecule has 0 bridgehead atoms. The molecular formula is C13H22Br2N2O4S. The smallest absolute Gasteiger partial charge is 0.326 e. The van der Waals surface area contributed by atoms with E-state index in [2.05, 4.69) is 15.9 Å². The topological polar surface area (TPSA) is 92.4 Å². The van der Waals surface area contributed by atoms with E-state index in [0.29, 0.717) is 4.80 Å². The summed E-state index contributed by atoms with van der Waals surface area (Å²) in [7, 11) is 0. The fourth-order valence-corrected chi connectivity index (χ4v) is 2.17. The molecule has 0 saturated heterocycles. The van der Waals surface area contributed by atoms with E-state index < -0.39 is 11.6 Å². The maximum absolute atomic E-state index is 11.6. The molecule has 0 amide bonds. The van der Waals surface area contributed by atoms with Gasteiger partial charge in [-0.2, -0.15) is 0 Å². The van der Waals surface area contributed by atoms with Gasteiger partial charge in [-0.25, -0.2) is 0 Å². The van der Waals surface area contributed by atoms with Crippen LogP contribution in [0.1, 0.15) is 31.3 Å². The van der Waals surface area contributed by atoms with Gasteiger partial charge in [0.2, 0.25) is 0 Å². The Morgan fingerprint density at radius 2 is 1.82 bits per heavy atom. The maximum atomic E-state index is 11.6. The summed E-state index contributed by atoms with van der Waals surface area (Å²) >= 11 is 4.09. The number of halogens is 2. The average Bonchev–Trinajstić information content (AvgIpc) is 2.54. The average molecular weight is 462 g/mol. The lowest BCUT2D eigenvalue weighted by Crippen LogP contribution is -2.29. The predicted octanol–water partition coefficient (Wildman–Crippen LogP) is 3.03. The van der Waals surface area contributed by atoms with Gasteiger partial charge in [0.1, 0.15) is 17.5 Å². The Balaban J connectivity index is 0. The number of rotatable bonds is 3. The van der Waals surface area contributed by atoms with E-state index in [1.54, 1.807) is 4.57 Å². The molecule has 9 heteroatoms. The number of aliphatic carboxylic acids is 1. The predicted molar refractivity (Wildman–Crippen MR) is 95.2 cm³/mol. The first kappa shape index (κ1) is 23.6. The van der Waals surface area contributed by atoms with Crippen molar-refractivity contribution < 1.29 is 19.4 Å². The van der Waals surface area contributed by atoms with E-state index in [4.69, 9.17) is 15.3 Å². The number of aromatic nitrogens is 1. The highest BCUT2D eigenvalue weighted by Gasteiger charge is 2.17. The standard InChI is InChI=1S/C11H18N2O2S.C2H3BrO2.BrH/c1-7-8(2)16-10(12)13(7)6-9(14)15-11(3,4)5;3-1-2(4)5;/h12H,6H2,1-5H3;1H2,(H,4,5);1H. The zero-order valence-electron chi connectivity index (χ0n) is 13.2. The van der Waals surface area contributed by atoms with Crippen molar-refractivity contribution in [2.45, 2.75) is 46.8 Å². The van der Waals surface area contributed by atoms with Crippen LogP contribution in [-0.4, -0.2) is 32.5 Å². The molecule has 0 aliphatic rings. The molecule has 1 aromatic rings. The highest BCUT2D eigenvalue weighted by molar-refractivity contribution is 9.09. The Bertz CT molecular complexity index is 561. The molecule has 0 aliphatic carbocycles. The molecule has 0 aliphatic heterocycles. The molecule has 128 valence electrons. The lowest BCUT2D eigenvalue weighted by molar-refractivity contribution is -0.155. The Kier molecular flexibility index (Phi) is 10.9. The van der Waals surface area contributed by atoms with Crippen LogP contribution in [0, 0.1) is 19.3 Å². The molecule has 1 rings (SSSR count). The van der Waals surface area contributed by atoms with Gasteiger partial charge in [-0.1, -0.05) is 15.9 Å². The summed E-state index contributed by atoms with van der Waals surface area (Å²) in [4.78, 5) is 22.4. The van der Waals surface area contributed by atoms with Gasteiger partial charge in [0.05, 0.1) is 0 Å². The summed E-state index contributed by atoms with van der Waals surface area (Å²) in [6.45, 7) is 9.48. The van der Waals surface area contributed by atoms with Crippen LogP contribution in [0.5, 0.6) is 0 Å². The van der Waals surface area contributed by atoms with E-state index in [-0.39, 0.29) is 34.8 Å². The minimum atomic E-state index is -0.829. The lowest BCUT2D eigenvalue weighted by atomic mass is 10.2. The molecule has 1 heterocycles. The zero-order valence-corrected chi connectivity index (χ0v) is 17.3. The largest absolute Gasteiger partial charge is 0.481 e. The van der Waals surface area contributed by atoms with Crippen LogP contribution in [0.3, 0.4) is 0 Å². The SMILES string of the molecule is Br.Cc1sc(=N)n(CC(=O)OC(C)(C)C)c1C.O=C(O)CBr. The molecule has 22 heavy (non-hydrogen) atoms. The minimum Gasteiger partial charge on any atom is -0.481 e. The third kappa shape index (κ3) is 9.37. The zero-order chi connectivity index (χ0) is 16.8. The number of carboxylic acids is 1. The van der Waals surface area contributed by atoms with Crippen molar-refractivity contribution in [3.05, 3.63) is 15.4 Å². The second kappa shape index (κ2) is 10.2. The molecule has 0 aromatic carbocycles. The molecule has 1 aromatic heterocycles. The molecule has 0 unspecified atom stereocenters.